The van der Waals surface area contributed by atoms with Gasteiger partial charge in [0.05, 0.1) is 0 Å². The van der Waals surface area contributed by atoms with Gasteiger partial charge in [-0.1, -0.05) is 6.42 Å². The molecule has 0 saturated carbocycles. The molecule has 4 heteroatoms. The summed E-state index contributed by atoms with van der Waals surface area (Å²) in [7, 11) is 0. The second kappa shape index (κ2) is 8.80. The molecule has 3 heterocycles. The molecule has 0 amide bonds. The van der Waals surface area contributed by atoms with Crippen molar-refractivity contribution in [2.45, 2.75) is 64.5 Å². The number of rotatable bonds is 7. The van der Waals surface area contributed by atoms with Gasteiger partial charge in [-0.25, -0.2) is 0 Å². The van der Waals surface area contributed by atoms with Crippen molar-refractivity contribution in [3.63, 3.8) is 0 Å². The molecule has 3 rings (SSSR count). The van der Waals surface area contributed by atoms with Crippen molar-refractivity contribution in [3.8, 4) is 0 Å². The molecule has 3 saturated heterocycles. The van der Waals surface area contributed by atoms with Crippen molar-refractivity contribution >= 4 is 0 Å². The number of nitrogens with zero attached hydrogens (tertiary/aromatic N) is 4. The summed E-state index contributed by atoms with van der Waals surface area (Å²) >= 11 is 0. The molecule has 0 aliphatic carbocycles. The average Bonchev–Trinajstić information content (AvgIpc) is 3.16. The molecule has 0 bridgehead atoms. The highest BCUT2D eigenvalue weighted by Crippen LogP contribution is 2.18. The third-order valence-corrected chi connectivity index (χ3v) is 6.08. The summed E-state index contributed by atoms with van der Waals surface area (Å²) in [4.78, 5) is 10.2. The van der Waals surface area contributed by atoms with E-state index in [-0.39, 0.29) is 0 Å². The summed E-state index contributed by atoms with van der Waals surface area (Å²) in [5.74, 6) is 0. The van der Waals surface area contributed by atoms with Crippen LogP contribution >= 0.6 is 0 Å². The highest BCUT2D eigenvalue weighted by Gasteiger charge is 2.24. The van der Waals surface area contributed by atoms with Gasteiger partial charge < -0.3 is 4.90 Å². The Labute approximate surface area is 143 Å². The second-order valence-electron chi connectivity index (χ2n) is 7.84. The molecule has 2 atom stereocenters. The first-order chi connectivity index (χ1) is 11.2. The van der Waals surface area contributed by atoms with Gasteiger partial charge in [-0.05, 0) is 65.6 Å². The van der Waals surface area contributed by atoms with Crippen molar-refractivity contribution in [1.29, 1.82) is 0 Å². The molecule has 23 heavy (non-hydrogen) atoms. The Morgan fingerprint density at radius 3 is 2.09 bits per heavy atom. The van der Waals surface area contributed by atoms with Crippen molar-refractivity contribution in [1.82, 2.24) is 19.6 Å². The minimum absolute atomic E-state index is 0.782. The van der Waals surface area contributed by atoms with E-state index in [2.05, 4.69) is 40.1 Å². The molecular weight excluding hydrogens is 284 g/mol. The fraction of sp³-hybridized carbons (Fsp3) is 0.947. The Balaban J connectivity index is 1.28. The lowest BCUT2D eigenvalue weighted by atomic mass is 10.0. The molecule has 0 spiro atoms. The number of hydrogen-bond donors (Lipinski definition) is 0. The zero-order valence-electron chi connectivity index (χ0n) is 15.3. The Bertz CT molecular complexity index is 348. The Morgan fingerprint density at radius 2 is 1.35 bits per heavy atom. The summed E-state index contributed by atoms with van der Waals surface area (Å²) in [6.07, 6.45) is 8.27. The van der Waals surface area contributed by atoms with E-state index in [1.54, 1.807) is 0 Å². The van der Waals surface area contributed by atoms with Gasteiger partial charge in [0, 0.05) is 44.8 Å². The predicted octanol–water partition coefficient (Wildman–Crippen LogP) is 2.35. The first-order valence-corrected chi connectivity index (χ1v) is 9.96. The van der Waals surface area contributed by atoms with Crippen LogP contribution in [-0.4, -0.2) is 84.0 Å². The van der Waals surface area contributed by atoms with Crippen LogP contribution in [-0.2, 0) is 0 Å². The molecule has 0 aromatic heterocycles. The van der Waals surface area contributed by atoms with Crippen molar-refractivity contribution in [2.75, 3.05) is 52.4 Å². The quantitative estimate of drug-likeness (QED) is 0.714. The van der Waals surface area contributed by atoms with Gasteiger partial charge in [-0.15, -0.1) is 0 Å². The highest BCUT2D eigenvalue weighted by atomic mass is 15.4. The summed E-state index contributed by atoms with van der Waals surface area (Å²) in [5, 5.41) is 0. The van der Waals surface area contributed by atoms with Gasteiger partial charge in [-0.3, -0.25) is 14.7 Å². The third kappa shape index (κ3) is 5.15. The molecule has 3 fully saturated rings. The molecule has 0 aromatic carbocycles. The minimum Gasteiger partial charge on any atom is -0.301 e. The predicted molar refractivity (Wildman–Crippen MR) is 96.2 cm³/mol. The van der Waals surface area contributed by atoms with Crippen LogP contribution in [0.3, 0.4) is 0 Å². The van der Waals surface area contributed by atoms with Crippen LogP contribution in [0.4, 0.5) is 0 Å². The van der Waals surface area contributed by atoms with Crippen LogP contribution in [0.1, 0.15) is 52.4 Å². The van der Waals surface area contributed by atoms with Gasteiger partial charge in [0.25, 0.3) is 0 Å². The van der Waals surface area contributed by atoms with Gasteiger partial charge in [0.1, 0.15) is 6.67 Å². The molecule has 4 nitrogen and oxygen atoms in total. The summed E-state index contributed by atoms with van der Waals surface area (Å²) < 4.78 is 0. The van der Waals surface area contributed by atoms with E-state index in [0.29, 0.717) is 0 Å². The van der Waals surface area contributed by atoms with Gasteiger partial charge in [0.2, 0.25) is 0 Å². The molecule has 3 aliphatic heterocycles. The maximum absolute atomic E-state index is 3.60. The van der Waals surface area contributed by atoms with Crippen LogP contribution in [0.25, 0.3) is 0 Å². The van der Waals surface area contributed by atoms with E-state index < -0.39 is 0 Å². The first kappa shape index (κ1) is 17.7. The third-order valence-electron chi connectivity index (χ3n) is 6.08. The van der Waals surface area contributed by atoms with Crippen LogP contribution in [0.15, 0.2) is 0 Å². The smallest absolute Gasteiger partial charge is 0.146 e. The number of likely N-dealkylation sites (tertiary alicyclic amines) is 2. The van der Waals surface area contributed by atoms with Crippen LogP contribution in [0, 0.1) is 6.67 Å². The maximum atomic E-state index is 3.60. The monoisotopic (exact) mass is 320 g/mol. The molecule has 3 aliphatic rings. The van der Waals surface area contributed by atoms with E-state index in [9.17, 15) is 0 Å². The molecule has 1 unspecified atom stereocenters. The van der Waals surface area contributed by atoms with E-state index in [4.69, 9.17) is 0 Å². The van der Waals surface area contributed by atoms with E-state index in [0.717, 1.165) is 18.6 Å². The largest absolute Gasteiger partial charge is 0.301 e. The number of hydrogen-bond acceptors (Lipinski definition) is 4. The lowest BCUT2D eigenvalue weighted by molar-refractivity contribution is 0.144. The van der Waals surface area contributed by atoms with E-state index in [1.807, 2.05) is 0 Å². The zero-order valence-corrected chi connectivity index (χ0v) is 15.3. The van der Waals surface area contributed by atoms with Gasteiger partial charge in [0.15, 0.2) is 0 Å². The lowest BCUT2D eigenvalue weighted by Crippen LogP contribution is -2.41. The van der Waals surface area contributed by atoms with Gasteiger partial charge >= 0.3 is 0 Å². The lowest BCUT2D eigenvalue weighted by Gasteiger charge is -2.34. The van der Waals surface area contributed by atoms with Crippen LogP contribution in [0.2, 0.25) is 0 Å². The Hall–Kier alpha value is -0.160. The molecule has 132 valence electrons. The molecule has 0 aromatic rings. The zero-order chi connectivity index (χ0) is 16.1. The van der Waals surface area contributed by atoms with Crippen molar-refractivity contribution in [2.24, 2.45) is 0 Å². The maximum Gasteiger partial charge on any atom is 0.146 e. The molecule has 2 radical (unpaired) electrons. The van der Waals surface area contributed by atoms with Crippen LogP contribution in [0.5, 0.6) is 0 Å². The average molecular weight is 321 g/mol. The second-order valence-corrected chi connectivity index (χ2v) is 7.84. The fourth-order valence-corrected chi connectivity index (χ4v) is 4.39. The molecule has 0 N–H and O–H groups in total. The summed E-state index contributed by atoms with van der Waals surface area (Å²) in [5.41, 5.74) is 0. The van der Waals surface area contributed by atoms with Gasteiger partial charge in [-0.2, -0.15) is 0 Å². The first-order valence-electron chi connectivity index (χ1n) is 9.96. The Morgan fingerprint density at radius 1 is 0.696 bits per heavy atom. The van der Waals surface area contributed by atoms with Crippen LogP contribution < -0.4 is 0 Å². The molecular formula is C19H36N4. The van der Waals surface area contributed by atoms with E-state index >= 15 is 0 Å². The highest BCUT2D eigenvalue weighted by molar-refractivity contribution is 4.83. The summed E-state index contributed by atoms with van der Waals surface area (Å²) in [6, 6.07) is 1.59. The SMILES string of the molecule is CC1CCCCN1CCN1[C]N(CCCN2CCC[C@@H]2C)CC1. The van der Waals surface area contributed by atoms with Crippen molar-refractivity contribution < 1.29 is 0 Å². The van der Waals surface area contributed by atoms with E-state index in [1.165, 1.54) is 84.3 Å². The Kier molecular flexibility index (Phi) is 6.75. The standard InChI is InChI=1S/C19H36N4/c1-18-7-3-4-10-23(18)16-15-21-14-13-20(17-21)9-6-12-22-11-5-8-19(22)2/h18-19H,3-16H2,1-2H3/t18?,19-/m0/s1. The number of piperidine rings is 1. The fourth-order valence-electron chi connectivity index (χ4n) is 4.39. The summed E-state index contributed by atoms with van der Waals surface area (Å²) in [6.45, 7) is 18.1. The minimum atomic E-state index is 0.782. The van der Waals surface area contributed by atoms with Crippen molar-refractivity contribution in [3.05, 3.63) is 6.67 Å². The topological polar surface area (TPSA) is 13.0 Å². The normalized spacial score (nSPS) is 32.1.